The molecule has 2 aliphatic heterocycles. The predicted molar refractivity (Wildman–Crippen MR) is 104 cm³/mol. The highest BCUT2D eigenvalue weighted by molar-refractivity contribution is 5.99. The van der Waals surface area contributed by atoms with Crippen molar-refractivity contribution < 1.29 is 14.3 Å². The Morgan fingerprint density at radius 3 is 2.59 bits per heavy atom. The largest absolute Gasteiger partial charge is 0.497 e. The van der Waals surface area contributed by atoms with E-state index in [-0.39, 0.29) is 24.0 Å². The molecule has 4 rings (SSSR count). The summed E-state index contributed by atoms with van der Waals surface area (Å²) in [5.74, 6) is 0.761. The lowest BCUT2D eigenvalue weighted by molar-refractivity contribution is -0.117. The lowest BCUT2D eigenvalue weighted by Crippen LogP contribution is -2.48. The van der Waals surface area contributed by atoms with Crippen LogP contribution < -0.4 is 19.9 Å². The van der Waals surface area contributed by atoms with E-state index in [2.05, 4.69) is 11.4 Å². The highest BCUT2D eigenvalue weighted by Gasteiger charge is 2.35. The number of hydrogen-bond donors (Lipinski definition) is 1. The first-order valence-electron chi connectivity index (χ1n) is 9.19. The maximum atomic E-state index is 12.9. The van der Waals surface area contributed by atoms with E-state index < -0.39 is 0 Å². The normalized spacial score (nSPS) is 21.3. The van der Waals surface area contributed by atoms with Crippen molar-refractivity contribution >= 4 is 23.3 Å². The van der Waals surface area contributed by atoms with Crippen LogP contribution in [0.1, 0.15) is 18.9 Å². The number of ether oxygens (including phenoxy) is 1. The SMILES string of the molecule is COc1ccc(N2CC(NC(=O)N3c4ccccc4CC3C)CC2=O)cc1. The molecule has 0 radical (unpaired) electrons. The van der Waals surface area contributed by atoms with Gasteiger partial charge in [0.05, 0.1) is 13.2 Å². The molecule has 2 aliphatic rings. The van der Waals surface area contributed by atoms with Gasteiger partial charge in [0.2, 0.25) is 5.91 Å². The number of urea groups is 1. The van der Waals surface area contributed by atoms with Gasteiger partial charge in [-0.05, 0) is 49.2 Å². The second kappa shape index (κ2) is 6.95. The van der Waals surface area contributed by atoms with E-state index in [4.69, 9.17) is 4.74 Å². The third-order valence-electron chi connectivity index (χ3n) is 5.26. The molecule has 2 aromatic rings. The van der Waals surface area contributed by atoms with Gasteiger partial charge in [0.25, 0.3) is 0 Å². The highest BCUT2D eigenvalue weighted by Crippen LogP contribution is 2.32. The van der Waals surface area contributed by atoms with Crippen molar-refractivity contribution in [2.75, 3.05) is 23.5 Å². The second-order valence-corrected chi connectivity index (χ2v) is 7.10. The molecule has 6 heteroatoms. The summed E-state index contributed by atoms with van der Waals surface area (Å²) in [5.41, 5.74) is 2.96. The van der Waals surface area contributed by atoms with Crippen LogP contribution in [0.15, 0.2) is 48.5 Å². The van der Waals surface area contributed by atoms with Crippen molar-refractivity contribution in [1.82, 2.24) is 5.32 Å². The van der Waals surface area contributed by atoms with Crippen LogP contribution in [-0.2, 0) is 11.2 Å². The van der Waals surface area contributed by atoms with Crippen molar-refractivity contribution in [2.24, 2.45) is 0 Å². The fraction of sp³-hybridized carbons (Fsp3) is 0.333. The molecule has 140 valence electrons. The molecule has 6 nitrogen and oxygen atoms in total. The summed E-state index contributed by atoms with van der Waals surface area (Å²) in [6.45, 7) is 2.52. The van der Waals surface area contributed by atoms with Gasteiger partial charge in [-0.2, -0.15) is 0 Å². The van der Waals surface area contributed by atoms with E-state index >= 15 is 0 Å². The summed E-state index contributed by atoms with van der Waals surface area (Å²) in [6.07, 6.45) is 1.16. The highest BCUT2D eigenvalue weighted by atomic mass is 16.5. The quantitative estimate of drug-likeness (QED) is 0.910. The number of methoxy groups -OCH3 is 1. The molecule has 0 bridgehead atoms. The van der Waals surface area contributed by atoms with E-state index in [1.54, 1.807) is 16.9 Å². The first-order chi connectivity index (χ1) is 13.1. The third-order valence-corrected chi connectivity index (χ3v) is 5.26. The zero-order valence-corrected chi connectivity index (χ0v) is 15.5. The van der Waals surface area contributed by atoms with Crippen LogP contribution in [0.5, 0.6) is 5.75 Å². The van der Waals surface area contributed by atoms with Crippen LogP contribution in [0.2, 0.25) is 0 Å². The van der Waals surface area contributed by atoms with E-state index in [9.17, 15) is 9.59 Å². The van der Waals surface area contributed by atoms with Gasteiger partial charge in [0.15, 0.2) is 0 Å². The van der Waals surface area contributed by atoms with Gasteiger partial charge in [-0.25, -0.2) is 4.79 Å². The average Bonchev–Trinajstić information content (AvgIpc) is 3.20. The average molecular weight is 365 g/mol. The van der Waals surface area contributed by atoms with Crippen LogP contribution >= 0.6 is 0 Å². The fourth-order valence-corrected chi connectivity index (χ4v) is 3.94. The van der Waals surface area contributed by atoms with Crippen LogP contribution in [0.25, 0.3) is 0 Å². The van der Waals surface area contributed by atoms with Crippen LogP contribution in [0.3, 0.4) is 0 Å². The minimum absolute atomic E-state index is 0.0142. The number of benzene rings is 2. The number of fused-ring (bicyclic) bond motifs is 1. The first-order valence-corrected chi connectivity index (χ1v) is 9.19. The van der Waals surface area contributed by atoms with Gasteiger partial charge >= 0.3 is 6.03 Å². The monoisotopic (exact) mass is 365 g/mol. The smallest absolute Gasteiger partial charge is 0.322 e. The fourth-order valence-electron chi connectivity index (χ4n) is 3.94. The molecule has 0 saturated carbocycles. The van der Waals surface area contributed by atoms with Crippen molar-refractivity contribution in [2.45, 2.75) is 31.8 Å². The maximum Gasteiger partial charge on any atom is 0.322 e. The number of para-hydroxylation sites is 1. The Labute approximate surface area is 158 Å². The summed E-state index contributed by atoms with van der Waals surface area (Å²) in [4.78, 5) is 28.8. The molecule has 1 N–H and O–H groups in total. The summed E-state index contributed by atoms with van der Waals surface area (Å²) in [6, 6.07) is 15.1. The summed E-state index contributed by atoms with van der Waals surface area (Å²) >= 11 is 0. The Hall–Kier alpha value is -3.02. The Balaban J connectivity index is 1.44. The second-order valence-electron chi connectivity index (χ2n) is 7.10. The molecular formula is C21H23N3O3. The molecule has 0 aliphatic carbocycles. The van der Waals surface area contributed by atoms with Crippen molar-refractivity contribution in [3.63, 3.8) is 0 Å². The minimum Gasteiger partial charge on any atom is -0.497 e. The van der Waals surface area contributed by atoms with Crippen LogP contribution in [0, 0.1) is 0 Å². The molecule has 2 heterocycles. The molecule has 2 unspecified atom stereocenters. The number of nitrogens with zero attached hydrogens (tertiary/aromatic N) is 2. The Bertz CT molecular complexity index is 865. The van der Waals surface area contributed by atoms with Gasteiger partial charge in [0, 0.05) is 30.4 Å². The summed E-state index contributed by atoms with van der Waals surface area (Å²) in [5, 5.41) is 3.04. The van der Waals surface area contributed by atoms with Crippen molar-refractivity contribution in [3.8, 4) is 5.75 Å². The number of rotatable bonds is 3. The predicted octanol–water partition coefficient (Wildman–Crippen LogP) is 2.96. The molecule has 2 aromatic carbocycles. The number of carbonyl (C=O) groups is 2. The van der Waals surface area contributed by atoms with E-state index in [0.717, 1.165) is 23.5 Å². The molecule has 0 spiro atoms. The maximum absolute atomic E-state index is 12.9. The molecule has 1 fully saturated rings. The number of amides is 3. The zero-order valence-electron chi connectivity index (χ0n) is 15.5. The van der Waals surface area contributed by atoms with Crippen LogP contribution in [0.4, 0.5) is 16.2 Å². The van der Waals surface area contributed by atoms with Gasteiger partial charge in [-0.3, -0.25) is 9.69 Å². The molecule has 27 heavy (non-hydrogen) atoms. The molecular weight excluding hydrogens is 342 g/mol. The van der Waals surface area contributed by atoms with Gasteiger partial charge in [0.1, 0.15) is 5.75 Å². The minimum atomic E-state index is -0.202. The summed E-state index contributed by atoms with van der Waals surface area (Å²) in [7, 11) is 1.61. The molecule has 0 aromatic heterocycles. The van der Waals surface area contributed by atoms with Crippen molar-refractivity contribution in [1.29, 1.82) is 0 Å². The summed E-state index contributed by atoms with van der Waals surface area (Å²) < 4.78 is 5.16. The molecule has 3 amide bonds. The van der Waals surface area contributed by atoms with Crippen LogP contribution in [-0.4, -0.2) is 37.7 Å². The first kappa shape index (κ1) is 17.4. The van der Waals surface area contributed by atoms with E-state index in [1.807, 2.05) is 49.4 Å². The van der Waals surface area contributed by atoms with Gasteiger partial charge in [-0.15, -0.1) is 0 Å². The number of anilines is 2. The topological polar surface area (TPSA) is 61.9 Å². The van der Waals surface area contributed by atoms with E-state index in [0.29, 0.717) is 13.0 Å². The van der Waals surface area contributed by atoms with Gasteiger partial charge in [-0.1, -0.05) is 18.2 Å². The third kappa shape index (κ3) is 3.23. The Morgan fingerprint density at radius 2 is 1.85 bits per heavy atom. The Kier molecular flexibility index (Phi) is 4.48. The molecule has 1 saturated heterocycles. The lowest BCUT2D eigenvalue weighted by Gasteiger charge is -2.25. The number of hydrogen-bond acceptors (Lipinski definition) is 3. The van der Waals surface area contributed by atoms with Gasteiger partial charge < -0.3 is 15.0 Å². The Morgan fingerprint density at radius 1 is 1.11 bits per heavy atom. The number of carbonyl (C=O) groups excluding carboxylic acids is 2. The van der Waals surface area contributed by atoms with E-state index in [1.165, 1.54) is 5.56 Å². The standard InChI is InChI=1S/C21H23N3O3/c1-14-11-15-5-3-4-6-19(15)24(14)21(26)22-16-12-20(25)23(13-16)17-7-9-18(27-2)10-8-17/h3-10,14,16H,11-13H2,1-2H3,(H,22,26). The lowest BCUT2D eigenvalue weighted by atomic mass is 10.1. The number of nitrogens with one attached hydrogen (secondary N) is 1. The zero-order chi connectivity index (χ0) is 19.0. The molecule has 2 atom stereocenters. The van der Waals surface area contributed by atoms with Crippen molar-refractivity contribution in [3.05, 3.63) is 54.1 Å².